The number of nitrogens with two attached hydrogens (primary N) is 1. The van der Waals surface area contributed by atoms with Crippen molar-refractivity contribution in [3.63, 3.8) is 0 Å². The van der Waals surface area contributed by atoms with Crippen molar-refractivity contribution in [2.24, 2.45) is 0 Å². The Morgan fingerprint density at radius 2 is 2.18 bits per heavy atom. The molecule has 0 saturated carbocycles. The van der Waals surface area contributed by atoms with E-state index in [4.69, 9.17) is 10.8 Å². The summed E-state index contributed by atoms with van der Waals surface area (Å²) in [5.74, 6) is -0.233. The number of carbonyl (C=O) groups excluding carboxylic acids is 1. The number of anilines is 2. The smallest absolute Gasteiger partial charge is 0.251 e. The summed E-state index contributed by atoms with van der Waals surface area (Å²) in [4.78, 5) is 13.6. The summed E-state index contributed by atoms with van der Waals surface area (Å²) in [5.41, 5.74) is 7.77. The molecule has 5 heteroatoms. The lowest BCUT2D eigenvalue weighted by molar-refractivity contribution is 0.0922. The van der Waals surface area contributed by atoms with E-state index in [0.717, 1.165) is 5.69 Å². The van der Waals surface area contributed by atoms with E-state index in [1.165, 1.54) is 0 Å². The molecule has 0 aliphatic carbocycles. The zero-order valence-corrected chi connectivity index (χ0v) is 10.4. The maximum atomic E-state index is 11.8. The van der Waals surface area contributed by atoms with E-state index in [2.05, 4.69) is 5.32 Å². The summed E-state index contributed by atoms with van der Waals surface area (Å²) in [7, 11) is 3.78. The number of benzene rings is 1. The van der Waals surface area contributed by atoms with Gasteiger partial charge in [-0.2, -0.15) is 0 Å². The molecule has 0 heterocycles. The molecule has 0 unspecified atom stereocenters. The zero-order chi connectivity index (χ0) is 13.0. The third-order valence-electron chi connectivity index (χ3n) is 2.42. The van der Waals surface area contributed by atoms with Gasteiger partial charge in [0, 0.05) is 25.7 Å². The van der Waals surface area contributed by atoms with Crippen LogP contribution in [0.25, 0.3) is 0 Å². The van der Waals surface area contributed by atoms with Crippen LogP contribution in [0.15, 0.2) is 18.2 Å². The van der Waals surface area contributed by atoms with E-state index in [1.807, 2.05) is 19.0 Å². The molecule has 0 aliphatic rings. The molecular formula is C12H19N3O2. The van der Waals surface area contributed by atoms with E-state index >= 15 is 0 Å². The van der Waals surface area contributed by atoms with E-state index in [-0.39, 0.29) is 18.6 Å². The summed E-state index contributed by atoms with van der Waals surface area (Å²) < 4.78 is 0. The number of hydrogen-bond donors (Lipinski definition) is 3. The number of nitrogen functional groups attached to an aromatic ring is 1. The van der Waals surface area contributed by atoms with Crippen molar-refractivity contribution in [2.45, 2.75) is 13.0 Å². The molecule has 94 valence electrons. The lowest BCUT2D eigenvalue weighted by atomic mass is 10.1. The van der Waals surface area contributed by atoms with Crippen LogP contribution in [0.1, 0.15) is 17.3 Å². The van der Waals surface area contributed by atoms with Gasteiger partial charge in [0.25, 0.3) is 5.91 Å². The average molecular weight is 237 g/mol. The monoisotopic (exact) mass is 237 g/mol. The van der Waals surface area contributed by atoms with Crippen LogP contribution in [0, 0.1) is 0 Å². The highest BCUT2D eigenvalue weighted by Crippen LogP contribution is 2.22. The van der Waals surface area contributed by atoms with Crippen LogP contribution in [0.5, 0.6) is 0 Å². The van der Waals surface area contributed by atoms with Crippen molar-refractivity contribution in [1.29, 1.82) is 0 Å². The van der Waals surface area contributed by atoms with Gasteiger partial charge in [-0.25, -0.2) is 0 Å². The molecule has 1 aromatic rings. The van der Waals surface area contributed by atoms with Crippen LogP contribution >= 0.6 is 0 Å². The predicted octanol–water partition coefficient (Wildman–Crippen LogP) is 0.445. The standard InChI is InChI=1S/C12H19N3O2/c1-8(7-16)14-12(17)9-4-5-11(15(2)3)10(13)6-9/h4-6,8,16H,7,13H2,1-3H3,(H,14,17)/t8-/m0/s1. The number of carbonyl (C=O) groups is 1. The molecule has 1 amide bonds. The quantitative estimate of drug-likeness (QED) is 0.664. The Kier molecular flexibility index (Phi) is 4.34. The Balaban J connectivity index is 2.86. The minimum Gasteiger partial charge on any atom is -0.397 e. The lowest BCUT2D eigenvalue weighted by Crippen LogP contribution is -2.35. The van der Waals surface area contributed by atoms with Gasteiger partial charge in [-0.05, 0) is 25.1 Å². The van der Waals surface area contributed by atoms with E-state index in [1.54, 1.807) is 25.1 Å². The van der Waals surface area contributed by atoms with Crippen LogP contribution in [0.3, 0.4) is 0 Å². The SMILES string of the molecule is C[C@@H](CO)NC(=O)c1ccc(N(C)C)c(N)c1. The molecule has 0 saturated heterocycles. The van der Waals surface area contributed by atoms with Gasteiger partial charge >= 0.3 is 0 Å². The third-order valence-corrected chi connectivity index (χ3v) is 2.42. The summed E-state index contributed by atoms with van der Waals surface area (Å²) in [6.07, 6.45) is 0. The zero-order valence-electron chi connectivity index (χ0n) is 10.4. The van der Waals surface area contributed by atoms with Gasteiger partial charge in [-0.15, -0.1) is 0 Å². The Morgan fingerprint density at radius 3 is 2.65 bits per heavy atom. The minimum absolute atomic E-state index is 0.0863. The van der Waals surface area contributed by atoms with Crippen LogP contribution in [-0.2, 0) is 0 Å². The van der Waals surface area contributed by atoms with Crippen LogP contribution < -0.4 is 16.0 Å². The molecule has 0 aromatic heterocycles. The fraction of sp³-hybridized carbons (Fsp3) is 0.417. The number of rotatable bonds is 4. The van der Waals surface area contributed by atoms with Crippen molar-refractivity contribution in [3.8, 4) is 0 Å². The number of nitrogens with zero attached hydrogens (tertiary/aromatic N) is 1. The van der Waals surface area contributed by atoms with Gasteiger partial charge in [0.15, 0.2) is 0 Å². The fourth-order valence-corrected chi connectivity index (χ4v) is 1.46. The Hall–Kier alpha value is -1.75. The second kappa shape index (κ2) is 5.54. The summed E-state index contributed by atoms with van der Waals surface area (Å²) >= 11 is 0. The molecule has 0 aliphatic heterocycles. The third kappa shape index (κ3) is 3.35. The van der Waals surface area contributed by atoms with Crippen molar-refractivity contribution >= 4 is 17.3 Å². The second-order valence-corrected chi connectivity index (χ2v) is 4.23. The minimum atomic E-state index is -0.266. The van der Waals surface area contributed by atoms with Crippen LogP contribution in [0.4, 0.5) is 11.4 Å². The molecule has 5 nitrogen and oxygen atoms in total. The molecule has 0 fully saturated rings. The molecule has 0 spiro atoms. The highest BCUT2D eigenvalue weighted by molar-refractivity contribution is 5.96. The summed E-state index contributed by atoms with van der Waals surface area (Å²) in [6, 6.07) is 4.88. The van der Waals surface area contributed by atoms with Crippen molar-refractivity contribution in [3.05, 3.63) is 23.8 Å². The average Bonchev–Trinajstić information content (AvgIpc) is 2.28. The Labute approximate surface area is 101 Å². The molecule has 0 bridgehead atoms. The molecule has 4 N–H and O–H groups in total. The number of aliphatic hydroxyl groups excluding tert-OH is 1. The lowest BCUT2D eigenvalue weighted by Gasteiger charge is -2.16. The highest BCUT2D eigenvalue weighted by Gasteiger charge is 2.11. The fourth-order valence-electron chi connectivity index (χ4n) is 1.46. The van der Waals surface area contributed by atoms with Crippen molar-refractivity contribution in [1.82, 2.24) is 5.32 Å². The number of hydrogen-bond acceptors (Lipinski definition) is 4. The number of nitrogens with one attached hydrogen (secondary N) is 1. The van der Waals surface area contributed by atoms with Gasteiger partial charge < -0.3 is 21.1 Å². The van der Waals surface area contributed by atoms with E-state index < -0.39 is 0 Å². The first-order valence-corrected chi connectivity index (χ1v) is 5.44. The maximum absolute atomic E-state index is 11.8. The number of amides is 1. The maximum Gasteiger partial charge on any atom is 0.251 e. The first-order chi connectivity index (χ1) is 7.95. The molecule has 17 heavy (non-hydrogen) atoms. The van der Waals surface area contributed by atoms with Gasteiger partial charge in [0.05, 0.1) is 18.0 Å². The number of aliphatic hydroxyl groups is 1. The summed E-state index contributed by atoms with van der Waals surface area (Å²) in [5, 5.41) is 11.5. The highest BCUT2D eigenvalue weighted by atomic mass is 16.3. The Morgan fingerprint density at radius 1 is 1.53 bits per heavy atom. The van der Waals surface area contributed by atoms with E-state index in [0.29, 0.717) is 11.3 Å². The molecule has 1 aromatic carbocycles. The largest absolute Gasteiger partial charge is 0.397 e. The molecule has 1 atom stereocenters. The van der Waals surface area contributed by atoms with Gasteiger partial charge in [0.2, 0.25) is 0 Å². The van der Waals surface area contributed by atoms with Gasteiger partial charge in [-0.3, -0.25) is 4.79 Å². The van der Waals surface area contributed by atoms with E-state index in [9.17, 15) is 4.79 Å². The normalized spacial score (nSPS) is 12.0. The van der Waals surface area contributed by atoms with Gasteiger partial charge in [0.1, 0.15) is 0 Å². The second-order valence-electron chi connectivity index (χ2n) is 4.23. The Bertz CT molecular complexity index is 405. The molecule has 0 radical (unpaired) electrons. The first kappa shape index (κ1) is 13.3. The molecular weight excluding hydrogens is 218 g/mol. The first-order valence-electron chi connectivity index (χ1n) is 5.44. The summed E-state index contributed by atoms with van der Waals surface area (Å²) in [6.45, 7) is 1.65. The van der Waals surface area contributed by atoms with Gasteiger partial charge in [-0.1, -0.05) is 0 Å². The van der Waals surface area contributed by atoms with Crippen molar-refractivity contribution in [2.75, 3.05) is 31.3 Å². The van der Waals surface area contributed by atoms with Crippen LogP contribution in [0.2, 0.25) is 0 Å². The van der Waals surface area contributed by atoms with Crippen LogP contribution in [-0.4, -0.2) is 37.8 Å². The predicted molar refractivity (Wildman–Crippen MR) is 69.2 cm³/mol. The topological polar surface area (TPSA) is 78.6 Å². The molecule has 1 rings (SSSR count). The van der Waals surface area contributed by atoms with Crippen molar-refractivity contribution < 1.29 is 9.90 Å².